The van der Waals surface area contributed by atoms with Gasteiger partial charge in [-0.1, -0.05) is 31.2 Å². The van der Waals surface area contributed by atoms with Gasteiger partial charge in [0.25, 0.3) is 5.91 Å². The minimum absolute atomic E-state index is 0.204. The van der Waals surface area contributed by atoms with Gasteiger partial charge in [-0.3, -0.25) is 14.6 Å². The molecule has 1 aliphatic heterocycles. The fraction of sp³-hybridized carbons (Fsp3) is 0.333. The van der Waals surface area contributed by atoms with Gasteiger partial charge in [-0.25, -0.2) is 0 Å². The van der Waals surface area contributed by atoms with Crippen LogP contribution in [-0.4, -0.2) is 35.8 Å². The Hall–Kier alpha value is -3.11. The number of rotatable bonds is 7. The van der Waals surface area contributed by atoms with Crippen LogP contribution < -0.4 is 5.32 Å². The molecule has 31 heavy (non-hydrogen) atoms. The molecule has 1 aliphatic rings. The molecule has 0 aliphatic carbocycles. The third-order valence-electron chi connectivity index (χ3n) is 5.50. The molecule has 1 aromatic carbocycles. The highest BCUT2D eigenvalue weighted by atomic mass is 32.2. The average Bonchev–Trinajstić information content (AvgIpc) is 3.21. The number of hydrogen-bond donors (Lipinski definition) is 1. The Kier molecular flexibility index (Phi) is 7.13. The summed E-state index contributed by atoms with van der Waals surface area (Å²) in [4.78, 5) is 30.2. The number of aromatic nitrogens is 1. The molecule has 1 amide bonds. The van der Waals surface area contributed by atoms with E-state index in [1.807, 2.05) is 30.5 Å². The Morgan fingerprint density at radius 2 is 2.16 bits per heavy atom. The molecule has 0 fully saturated rings. The molecule has 3 atom stereocenters. The van der Waals surface area contributed by atoms with E-state index in [9.17, 15) is 9.59 Å². The van der Waals surface area contributed by atoms with E-state index in [1.165, 1.54) is 18.9 Å². The van der Waals surface area contributed by atoms with E-state index in [4.69, 9.17) is 10.00 Å². The van der Waals surface area contributed by atoms with Crippen molar-refractivity contribution in [3.05, 3.63) is 76.5 Å². The van der Waals surface area contributed by atoms with E-state index in [1.54, 1.807) is 31.3 Å². The van der Waals surface area contributed by atoms with Crippen LogP contribution in [0.5, 0.6) is 0 Å². The Balaban J connectivity index is 1.73. The summed E-state index contributed by atoms with van der Waals surface area (Å²) >= 11 is 1.50. The topological polar surface area (TPSA) is 92.1 Å². The molecule has 1 N–H and O–H groups in total. The maximum Gasteiger partial charge on any atom is 0.311 e. The highest BCUT2D eigenvalue weighted by Gasteiger charge is 2.35. The smallest absolute Gasteiger partial charge is 0.311 e. The first-order valence-electron chi connectivity index (χ1n) is 10.00. The maximum absolute atomic E-state index is 12.9. The third kappa shape index (κ3) is 5.33. The highest BCUT2D eigenvalue weighted by Crippen LogP contribution is 2.40. The number of ether oxygens (including phenoxy) is 1. The molecular formula is C24H25N3O3S. The monoisotopic (exact) mass is 435 g/mol. The summed E-state index contributed by atoms with van der Waals surface area (Å²) in [7, 11) is 1.34. The Labute approximate surface area is 186 Å². The van der Waals surface area contributed by atoms with Crippen molar-refractivity contribution < 1.29 is 14.3 Å². The molecule has 0 saturated heterocycles. The second-order valence-electron chi connectivity index (χ2n) is 7.86. The van der Waals surface area contributed by atoms with Gasteiger partial charge < -0.3 is 10.1 Å². The van der Waals surface area contributed by atoms with E-state index in [2.05, 4.69) is 23.3 Å². The largest absolute Gasteiger partial charge is 0.469 e. The number of carbonyl (C=O) groups excluding carboxylic acids is 2. The van der Waals surface area contributed by atoms with Crippen LogP contribution in [0.15, 0.2) is 59.8 Å². The quantitative estimate of drug-likeness (QED) is 0.671. The average molecular weight is 436 g/mol. The zero-order chi connectivity index (χ0) is 22.4. The fourth-order valence-corrected chi connectivity index (χ4v) is 4.85. The molecule has 0 radical (unpaired) electrons. The van der Waals surface area contributed by atoms with Gasteiger partial charge in [-0.15, -0.1) is 11.8 Å². The van der Waals surface area contributed by atoms with Crippen LogP contribution in [0, 0.1) is 17.2 Å². The zero-order valence-electron chi connectivity index (χ0n) is 17.8. The molecule has 160 valence electrons. The van der Waals surface area contributed by atoms with Crippen molar-refractivity contribution in [2.45, 2.75) is 31.7 Å². The van der Waals surface area contributed by atoms with Gasteiger partial charge in [0.05, 0.1) is 29.6 Å². The lowest BCUT2D eigenvalue weighted by Gasteiger charge is -2.23. The summed E-state index contributed by atoms with van der Waals surface area (Å²) in [6.45, 7) is 3.88. The zero-order valence-corrected chi connectivity index (χ0v) is 18.6. The van der Waals surface area contributed by atoms with Crippen molar-refractivity contribution in [1.82, 2.24) is 10.3 Å². The van der Waals surface area contributed by atoms with Crippen molar-refractivity contribution in [3.63, 3.8) is 0 Å². The number of amides is 1. The van der Waals surface area contributed by atoms with Crippen LogP contribution in [0.2, 0.25) is 0 Å². The minimum atomic E-state index is -0.570. The van der Waals surface area contributed by atoms with Crippen LogP contribution in [0.1, 0.15) is 30.5 Å². The first kappa shape index (κ1) is 22.6. The summed E-state index contributed by atoms with van der Waals surface area (Å²) < 4.78 is 4.98. The van der Waals surface area contributed by atoms with Crippen molar-refractivity contribution in [2.24, 2.45) is 5.92 Å². The fourth-order valence-electron chi connectivity index (χ4n) is 3.61. The molecule has 0 saturated carbocycles. The summed E-state index contributed by atoms with van der Waals surface area (Å²) in [5, 5.41) is 12.1. The number of methoxy groups -OCH3 is 1. The van der Waals surface area contributed by atoms with Crippen molar-refractivity contribution >= 4 is 23.6 Å². The van der Waals surface area contributed by atoms with E-state index in [0.717, 1.165) is 16.9 Å². The van der Waals surface area contributed by atoms with Crippen LogP contribution in [0.25, 0.3) is 0 Å². The number of thioether (sulfide) groups is 1. The SMILES string of the molecule is COC(=O)C(Cc1cccc(C#N)c1)C(C)NC(=O)C1=CC(C)(c2cccnc2)CS1. The number of esters is 1. The predicted octanol–water partition coefficient (Wildman–Crippen LogP) is 3.38. The van der Waals surface area contributed by atoms with E-state index < -0.39 is 17.9 Å². The summed E-state index contributed by atoms with van der Waals surface area (Å²) in [6.07, 6.45) is 5.89. The lowest BCUT2D eigenvalue weighted by Crippen LogP contribution is -2.43. The number of carbonyl (C=O) groups is 2. The van der Waals surface area contributed by atoms with Gasteiger partial charge in [-0.2, -0.15) is 5.26 Å². The van der Waals surface area contributed by atoms with Gasteiger partial charge in [0.1, 0.15) is 0 Å². The molecule has 7 heteroatoms. The van der Waals surface area contributed by atoms with E-state index >= 15 is 0 Å². The molecule has 3 rings (SSSR count). The first-order chi connectivity index (χ1) is 14.9. The summed E-state index contributed by atoms with van der Waals surface area (Å²) in [5.74, 6) is -0.426. The highest BCUT2D eigenvalue weighted by molar-refractivity contribution is 8.04. The van der Waals surface area contributed by atoms with Gasteiger partial charge in [0, 0.05) is 29.6 Å². The lowest BCUT2D eigenvalue weighted by molar-refractivity contribution is -0.146. The first-order valence-corrected chi connectivity index (χ1v) is 11.0. The lowest BCUT2D eigenvalue weighted by atomic mass is 9.85. The van der Waals surface area contributed by atoms with Crippen molar-refractivity contribution in [3.8, 4) is 6.07 Å². The Bertz CT molecular complexity index is 1030. The van der Waals surface area contributed by atoms with Crippen molar-refractivity contribution in [2.75, 3.05) is 12.9 Å². The third-order valence-corrected chi connectivity index (χ3v) is 6.86. The molecule has 6 nitrogen and oxygen atoms in total. The molecule has 2 heterocycles. The molecule has 0 bridgehead atoms. The van der Waals surface area contributed by atoms with Crippen LogP contribution in [0.3, 0.4) is 0 Å². The Morgan fingerprint density at radius 3 is 2.84 bits per heavy atom. The number of pyridine rings is 1. The molecular weight excluding hydrogens is 410 g/mol. The van der Waals surface area contributed by atoms with Gasteiger partial charge in [0.2, 0.25) is 0 Å². The Morgan fingerprint density at radius 1 is 1.35 bits per heavy atom. The second-order valence-corrected chi connectivity index (χ2v) is 8.88. The second kappa shape index (κ2) is 9.80. The molecule has 0 spiro atoms. The number of nitriles is 1. The van der Waals surface area contributed by atoms with Crippen LogP contribution in [-0.2, 0) is 26.2 Å². The summed E-state index contributed by atoms with van der Waals surface area (Å²) in [6, 6.07) is 12.7. The van der Waals surface area contributed by atoms with Crippen molar-refractivity contribution in [1.29, 1.82) is 5.26 Å². The number of allylic oxidation sites excluding steroid dienone is 1. The van der Waals surface area contributed by atoms with Crippen LogP contribution in [0.4, 0.5) is 0 Å². The molecule has 3 unspecified atom stereocenters. The maximum atomic E-state index is 12.9. The number of nitrogens with zero attached hydrogens (tertiary/aromatic N) is 2. The number of hydrogen-bond acceptors (Lipinski definition) is 6. The normalized spacial score (nSPS) is 19.6. The number of nitrogens with one attached hydrogen (secondary N) is 1. The van der Waals surface area contributed by atoms with Gasteiger partial charge in [-0.05, 0) is 42.7 Å². The standard InChI is InChI=1S/C24H25N3O3S/c1-16(20(23(29)30-3)11-17-6-4-7-18(10-17)13-25)27-22(28)21-12-24(2,15-31-21)19-8-5-9-26-14-19/h4-10,12,14,16,20H,11,15H2,1-3H3,(H,27,28). The van der Waals surface area contributed by atoms with E-state index in [0.29, 0.717) is 16.9 Å². The predicted molar refractivity (Wildman–Crippen MR) is 120 cm³/mol. The number of benzene rings is 1. The molecule has 1 aromatic heterocycles. The van der Waals surface area contributed by atoms with E-state index in [-0.39, 0.29) is 11.3 Å². The van der Waals surface area contributed by atoms with Gasteiger partial charge >= 0.3 is 5.97 Å². The van der Waals surface area contributed by atoms with Gasteiger partial charge in [0.15, 0.2) is 0 Å². The molecule has 2 aromatic rings. The summed E-state index contributed by atoms with van der Waals surface area (Å²) in [5.41, 5.74) is 2.16. The minimum Gasteiger partial charge on any atom is -0.469 e. The van der Waals surface area contributed by atoms with Crippen LogP contribution >= 0.6 is 11.8 Å².